The maximum atomic E-state index is 11.8. The summed E-state index contributed by atoms with van der Waals surface area (Å²) >= 11 is 3.40. The molecule has 6 heteroatoms. The molecule has 5 nitrogen and oxygen atoms in total. The molecule has 0 aliphatic heterocycles. The predicted octanol–water partition coefficient (Wildman–Crippen LogP) is 2.31. The molecule has 1 heterocycles. The van der Waals surface area contributed by atoms with Crippen molar-refractivity contribution in [1.29, 1.82) is 0 Å². The fraction of sp³-hybridized carbons (Fsp3) is 0.583. The van der Waals surface area contributed by atoms with Gasteiger partial charge in [0, 0.05) is 12.5 Å². The third-order valence-electron chi connectivity index (χ3n) is 3.22. The SMILES string of the molecule is CCn1ncc(Br)c1C=NNC(=O)C1CCCC1. The Morgan fingerprint density at radius 3 is 3.06 bits per heavy atom. The number of rotatable bonds is 4. The smallest absolute Gasteiger partial charge is 0.243 e. The molecule has 0 saturated heterocycles. The molecule has 18 heavy (non-hydrogen) atoms. The maximum absolute atomic E-state index is 11.8. The van der Waals surface area contributed by atoms with Crippen molar-refractivity contribution in [3.63, 3.8) is 0 Å². The summed E-state index contributed by atoms with van der Waals surface area (Å²) in [6.07, 6.45) is 7.62. The zero-order valence-corrected chi connectivity index (χ0v) is 12.0. The van der Waals surface area contributed by atoms with Gasteiger partial charge in [0.25, 0.3) is 0 Å². The highest BCUT2D eigenvalue weighted by Gasteiger charge is 2.22. The molecule has 1 saturated carbocycles. The van der Waals surface area contributed by atoms with Gasteiger partial charge < -0.3 is 0 Å². The van der Waals surface area contributed by atoms with Gasteiger partial charge in [-0.05, 0) is 35.7 Å². The van der Waals surface area contributed by atoms with Crippen LogP contribution in [0, 0.1) is 5.92 Å². The van der Waals surface area contributed by atoms with Crippen LogP contribution in [0.2, 0.25) is 0 Å². The Balaban J connectivity index is 1.94. The third-order valence-corrected chi connectivity index (χ3v) is 3.83. The minimum absolute atomic E-state index is 0.0300. The molecule has 0 atom stereocenters. The van der Waals surface area contributed by atoms with E-state index >= 15 is 0 Å². The van der Waals surface area contributed by atoms with Crippen molar-refractivity contribution >= 4 is 28.1 Å². The molecule has 0 radical (unpaired) electrons. The average molecular weight is 313 g/mol. The first kappa shape index (κ1) is 13.3. The predicted molar refractivity (Wildman–Crippen MR) is 73.3 cm³/mol. The number of carbonyl (C=O) groups excluding carboxylic acids is 1. The lowest BCUT2D eigenvalue weighted by Crippen LogP contribution is -2.25. The Morgan fingerprint density at radius 1 is 1.67 bits per heavy atom. The van der Waals surface area contributed by atoms with Crippen molar-refractivity contribution < 1.29 is 4.79 Å². The number of nitrogens with zero attached hydrogens (tertiary/aromatic N) is 3. The molecule has 98 valence electrons. The normalized spacial score (nSPS) is 16.6. The summed E-state index contributed by atoms with van der Waals surface area (Å²) in [7, 11) is 0. The van der Waals surface area contributed by atoms with Crippen LogP contribution in [0.5, 0.6) is 0 Å². The summed E-state index contributed by atoms with van der Waals surface area (Å²) < 4.78 is 2.69. The van der Waals surface area contributed by atoms with Gasteiger partial charge in [0.2, 0.25) is 5.91 Å². The Hall–Kier alpha value is -1.17. The number of hydrazone groups is 1. The largest absolute Gasteiger partial charge is 0.273 e. The molecular formula is C12H17BrN4O. The molecule has 0 spiro atoms. The van der Waals surface area contributed by atoms with E-state index in [9.17, 15) is 4.79 Å². The second-order valence-electron chi connectivity index (χ2n) is 4.41. The fourth-order valence-electron chi connectivity index (χ4n) is 2.19. The lowest BCUT2D eigenvalue weighted by atomic mass is 10.1. The Bertz CT molecular complexity index is 449. The van der Waals surface area contributed by atoms with Crippen LogP contribution in [-0.4, -0.2) is 21.9 Å². The minimum Gasteiger partial charge on any atom is -0.273 e. The summed E-state index contributed by atoms with van der Waals surface area (Å²) in [5, 5.41) is 8.19. The molecular weight excluding hydrogens is 296 g/mol. The number of amides is 1. The summed E-state index contributed by atoms with van der Waals surface area (Å²) in [4.78, 5) is 11.8. The summed E-state index contributed by atoms with van der Waals surface area (Å²) in [6, 6.07) is 0. The highest BCUT2D eigenvalue weighted by molar-refractivity contribution is 9.10. The van der Waals surface area contributed by atoms with Crippen molar-refractivity contribution in [2.45, 2.75) is 39.2 Å². The number of aromatic nitrogens is 2. The van der Waals surface area contributed by atoms with Gasteiger partial charge in [-0.15, -0.1) is 0 Å². The van der Waals surface area contributed by atoms with Gasteiger partial charge in [0.05, 0.1) is 22.6 Å². The van der Waals surface area contributed by atoms with E-state index in [1.807, 2.05) is 11.6 Å². The standard InChI is InChI=1S/C12H17BrN4O/c1-2-17-11(10(13)7-15-17)8-14-16-12(18)9-5-3-4-6-9/h7-9H,2-6H2,1H3,(H,16,18). The summed E-state index contributed by atoms with van der Waals surface area (Å²) in [5.41, 5.74) is 3.47. The van der Waals surface area contributed by atoms with Crippen LogP contribution in [0.1, 0.15) is 38.3 Å². The molecule has 2 rings (SSSR count). The number of carbonyl (C=O) groups is 1. The van der Waals surface area contributed by atoms with Crippen LogP contribution in [-0.2, 0) is 11.3 Å². The average Bonchev–Trinajstić information content (AvgIpc) is 3.00. The van der Waals surface area contributed by atoms with E-state index < -0.39 is 0 Å². The van der Waals surface area contributed by atoms with Gasteiger partial charge in [-0.3, -0.25) is 9.48 Å². The van der Waals surface area contributed by atoms with Crippen LogP contribution in [0.15, 0.2) is 15.8 Å². The second kappa shape index (κ2) is 6.13. The van der Waals surface area contributed by atoms with Gasteiger partial charge in [0.15, 0.2) is 0 Å². The van der Waals surface area contributed by atoms with Crippen molar-refractivity contribution in [2.24, 2.45) is 11.0 Å². The minimum atomic E-state index is 0.0300. The van der Waals surface area contributed by atoms with Gasteiger partial charge >= 0.3 is 0 Å². The van der Waals surface area contributed by atoms with Crippen LogP contribution in [0.25, 0.3) is 0 Å². The first-order valence-electron chi connectivity index (χ1n) is 6.26. The van der Waals surface area contributed by atoms with E-state index in [-0.39, 0.29) is 11.8 Å². The fourth-order valence-corrected chi connectivity index (χ4v) is 2.59. The van der Waals surface area contributed by atoms with Crippen LogP contribution in [0.3, 0.4) is 0 Å². The molecule has 1 amide bonds. The van der Waals surface area contributed by atoms with Gasteiger partial charge in [-0.1, -0.05) is 12.8 Å². The Labute approximate surface area is 115 Å². The molecule has 1 fully saturated rings. The highest BCUT2D eigenvalue weighted by Crippen LogP contribution is 2.24. The highest BCUT2D eigenvalue weighted by atomic mass is 79.9. The quantitative estimate of drug-likeness (QED) is 0.685. The lowest BCUT2D eigenvalue weighted by molar-refractivity contribution is -0.124. The van der Waals surface area contributed by atoms with Gasteiger partial charge in [-0.2, -0.15) is 10.2 Å². The van der Waals surface area contributed by atoms with E-state index in [0.29, 0.717) is 0 Å². The molecule has 1 aromatic rings. The Kier molecular flexibility index (Phi) is 4.52. The molecule has 0 unspecified atom stereocenters. The molecule has 1 N–H and O–H groups in total. The number of halogens is 1. The summed E-state index contributed by atoms with van der Waals surface area (Å²) in [6.45, 7) is 2.78. The van der Waals surface area contributed by atoms with E-state index in [2.05, 4.69) is 31.6 Å². The van der Waals surface area contributed by atoms with Crippen molar-refractivity contribution in [2.75, 3.05) is 0 Å². The van der Waals surface area contributed by atoms with E-state index in [4.69, 9.17) is 0 Å². The summed E-state index contributed by atoms with van der Waals surface area (Å²) in [5.74, 6) is 0.170. The lowest BCUT2D eigenvalue weighted by Gasteiger charge is -2.05. The van der Waals surface area contributed by atoms with Gasteiger partial charge in [-0.25, -0.2) is 5.43 Å². The van der Waals surface area contributed by atoms with Gasteiger partial charge in [0.1, 0.15) is 0 Å². The van der Waals surface area contributed by atoms with E-state index in [1.165, 1.54) is 0 Å². The third kappa shape index (κ3) is 2.98. The first-order chi connectivity index (χ1) is 8.72. The zero-order chi connectivity index (χ0) is 13.0. The monoisotopic (exact) mass is 312 g/mol. The number of aryl methyl sites for hydroxylation is 1. The molecule has 1 aliphatic carbocycles. The van der Waals surface area contributed by atoms with Crippen LogP contribution >= 0.6 is 15.9 Å². The molecule has 1 aromatic heterocycles. The molecule has 0 bridgehead atoms. The van der Waals surface area contributed by atoms with Crippen LogP contribution < -0.4 is 5.43 Å². The number of nitrogens with one attached hydrogen (secondary N) is 1. The Morgan fingerprint density at radius 2 is 2.39 bits per heavy atom. The van der Waals surface area contributed by atoms with Crippen molar-refractivity contribution in [3.05, 3.63) is 16.4 Å². The van der Waals surface area contributed by atoms with Crippen molar-refractivity contribution in [1.82, 2.24) is 15.2 Å². The zero-order valence-electron chi connectivity index (χ0n) is 10.4. The van der Waals surface area contributed by atoms with Crippen molar-refractivity contribution in [3.8, 4) is 0 Å². The first-order valence-corrected chi connectivity index (χ1v) is 7.06. The van der Waals surface area contributed by atoms with E-state index in [0.717, 1.165) is 42.4 Å². The maximum Gasteiger partial charge on any atom is 0.243 e. The van der Waals surface area contributed by atoms with Crippen LogP contribution in [0.4, 0.5) is 0 Å². The molecule has 0 aromatic carbocycles. The van der Waals surface area contributed by atoms with E-state index in [1.54, 1.807) is 12.4 Å². The molecule has 1 aliphatic rings. The second-order valence-corrected chi connectivity index (χ2v) is 5.26. The topological polar surface area (TPSA) is 59.3 Å². The number of hydrogen-bond acceptors (Lipinski definition) is 3. The number of hydrogen-bond donors (Lipinski definition) is 1.